The second-order valence-electron chi connectivity index (χ2n) is 6.45. The largest absolute Gasteiger partial charge is 0.319 e. The standard InChI is InChI=1S/C23H18FN3O/c24-21-12-6-17(7-13-21)15-27-16-22(14-25-27)26-23(28)20-10-8-19(9-11-20)18-4-2-1-3-5-18/h1-14,16H,15H2,(H,26,28). The molecule has 0 spiro atoms. The van der Waals surface area contributed by atoms with E-state index in [0.717, 1.165) is 16.7 Å². The number of carbonyl (C=O) groups is 1. The topological polar surface area (TPSA) is 46.9 Å². The Morgan fingerprint density at radius 2 is 1.57 bits per heavy atom. The molecule has 28 heavy (non-hydrogen) atoms. The highest BCUT2D eigenvalue weighted by Gasteiger charge is 2.08. The molecule has 4 nitrogen and oxygen atoms in total. The number of anilines is 1. The fraction of sp³-hybridized carbons (Fsp3) is 0.0435. The van der Waals surface area contributed by atoms with Crippen LogP contribution in [0.5, 0.6) is 0 Å². The quantitative estimate of drug-likeness (QED) is 0.537. The molecular weight excluding hydrogens is 353 g/mol. The van der Waals surface area contributed by atoms with E-state index in [1.165, 1.54) is 12.1 Å². The second kappa shape index (κ2) is 7.88. The SMILES string of the molecule is O=C(Nc1cnn(Cc2ccc(F)cc2)c1)c1ccc(-c2ccccc2)cc1. The predicted molar refractivity (Wildman–Crippen MR) is 108 cm³/mol. The maximum absolute atomic E-state index is 13.0. The van der Waals surface area contributed by atoms with Gasteiger partial charge in [0.05, 0.1) is 18.4 Å². The molecule has 0 unspecified atom stereocenters. The lowest BCUT2D eigenvalue weighted by atomic mass is 10.0. The number of carbonyl (C=O) groups excluding carboxylic acids is 1. The first-order valence-corrected chi connectivity index (χ1v) is 8.91. The zero-order valence-electron chi connectivity index (χ0n) is 15.0. The van der Waals surface area contributed by atoms with E-state index < -0.39 is 0 Å². The summed E-state index contributed by atoms with van der Waals surface area (Å²) in [6.07, 6.45) is 3.35. The summed E-state index contributed by atoms with van der Waals surface area (Å²) < 4.78 is 14.7. The Balaban J connectivity index is 1.41. The molecule has 1 heterocycles. The molecule has 0 aliphatic rings. The third kappa shape index (κ3) is 4.15. The zero-order valence-corrected chi connectivity index (χ0v) is 15.0. The van der Waals surface area contributed by atoms with Crippen molar-refractivity contribution in [1.82, 2.24) is 9.78 Å². The molecule has 0 saturated heterocycles. The van der Waals surface area contributed by atoms with Gasteiger partial charge in [-0.25, -0.2) is 4.39 Å². The lowest BCUT2D eigenvalue weighted by Gasteiger charge is -2.05. The van der Waals surface area contributed by atoms with Gasteiger partial charge in [-0.3, -0.25) is 9.48 Å². The maximum Gasteiger partial charge on any atom is 0.255 e. The highest BCUT2D eigenvalue weighted by Crippen LogP contribution is 2.20. The van der Waals surface area contributed by atoms with Crippen LogP contribution < -0.4 is 5.32 Å². The number of benzene rings is 3. The first-order chi connectivity index (χ1) is 13.7. The molecule has 1 N–H and O–H groups in total. The van der Waals surface area contributed by atoms with Crippen LogP contribution in [0.3, 0.4) is 0 Å². The Hall–Kier alpha value is -3.73. The van der Waals surface area contributed by atoms with Gasteiger partial charge in [-0.1, -0.05) is 54.6 Å². The summed E-state index contributed by atoms with van der Waals surface area (Å²) in [7, 11) is 0. The fourth-order valence-electron chi connectivity index (χ4n) is 2.94. The molecule has 0 saturated carbocycles. The van der Waals surface area contributed by atoms with Gasteiger partial charge in [-0.05, 0) is 41.0 Å². The number of hydrogen-bond donors (Lipinski definition) is 1. The Labute approximate surface area is 162 Å². The molecule has 138 valence electrons. The normalized spacial score (nSPS) is 10.6. The van der Waals surface area contributed by atoms with Crippen molar-refractivity contribution < 1.29 is 9.18 Å². The average Bonchev–Trinajstić information content (AvgIpc) is 3.17. The monoisotopic (exact) mass is 371 g/mol. The van der Waals surface area contributed by atoms with Gasteiger partial charge in [-0.15, -0.1) is 0 Å². The van der Waals surface area contributed by atoms with Crippen molar-refractivity contribution in [2.24, 2.45) is 0 Å². The molecule has 3 aromatic carbocycles. The maximum atomic E-state index is 13.0. The molecule has 0 radical (unpaired) electrons. The average molecular weight is 371 g/mol. The van der Waals surface area contributed by atoms with E-state index in [-0.39, 0.29) is 11.7 Å². The molecule has 0 atom stereocenters. The third-order valence-corrected chi connectivity index (χ3v) is 4.40. The number of amides is 1. The lowest BCUT2D eigenvalue weighted by Crippen LogP contribution is -2.11. The highest BCUT2D eigenvalue weighted by atomic mass is 19.1. The molecule has 1 aromatic heterocycles. The number of nitrogens with one attached hydrogen (secondary N) is 1. The Morgan fingerprint density at radius 1 is 0.893 bits per heavy atom. The van der Waals surface area contributed by atoms with Crippen LogP contribution >= 0.6 is 0 Å². The number of nitrogens with zero attached hydrogens (tertiary/aromatic N) is 2. The van der Waals surface area contributed by atoms with E-state index in [4.69, 9.17) is 0 Å². The summed E-state index contributed by atoms with van der Waals surface area (Å²) in [5.74, 6) is -0.462. The zero-order chi connectivity index (χ0) is 19.3. The molecular formula is C23H18FN3O. The van der Waals surface area contributed by atoms with E-state index in [0.29, 0.717) is 17.8 Å². The minimum absolute atomic E-state index is 0.194. The summed E-state index contributed by atoms with van der Waals surface area (Å²) in [4.78, 5) is 12.5. The first kappa shape index (κ1) is 17.7. The van der Waals surface area contributed by atoms with Gasteiger partial charge < -0.3 is 5.32 Å². The molecule has 0 aliphatic heterocycles. The second-order valence-corrected chi connectivity index (χ2v) is 6.45. The molecule has 0 aliphatic carbocycles. The van der Waals surface area contributed by atoms with Gasteiger partial charge in [0.1, 0.15) is 5.82 Å². The van der Waals surface area contributed by atoms with Crippen molar-refractivity contribution in [3.63, 3.8) is 0 Å². The Morgan fingerprint density at radius 3 is 2.29 bits per heavy atom. The fourth-order valence-corrected chi connectivity index (χ4v) is 2.94. The molecule has 0 bridgehead atoms. The van der Waals surface area contributed by atoms with Crippen molar-refractivity contribution in [2.75, 3.05) is 5.32 Å². The van der Waals surface area contributed by atoms with E-state index in [1.54, 1.807) is 41.3 Å². The van der Waals surface area contributed by atoms with E-state index in [2.05, 4.69) is 10.4 Å². The van der Waals surface area contributed by atoms with Crippen molar-refractivity contribution >= 4 is 11.6 Å². The third-order valence-electron chi connectivity index (χ3n) is 4.40. The van der Waals surface area contributed by atoms with Crippen LogP contribution in [0, 0.1) is 5.82 Å². The van der Waals surface area contributed by atoms with E-state index in [1.807, 2.05) is 42.5 Å². The Bertz CT molecular complexity index is 1070. The van der Waals surface area contributed by atoms with Crippen LogP contribution in [0.1, 0.15) is 15.9 Å². The number of halogens is 1. The van der Waals surface area contributed by atoms with Gasteiger partial charge in [0.15, 0.2) is 0 Å². The summed E-state index contributed by atoms with van der Waals surface area (Å²) in [5, 5.41) is 7.09. The van der Waals surface area contributed by atoms with Crippen LogP contribution in [0.15, 0.2) is 91.3 Å². The van der Waals surface area contributed by atoms with Gasteiger partial charge in [0.25, 0.3) is 5.91 Å². The number of hydrogen-bond acceptors (Lipinski definition) is 2. The molecule has 1 amide bonds. The van der Waals surface area contributed by atoms with Gasteiger partial charge >= 0.3 is 0 Å². The molecule has 5 heteroatoms. The van der Waals surface area contributed by atoms with E-state index in [9.17, 15) is 9.18 Å². The smallest absolute Gasteiger partial charge is 0.255 e. The minimum Gasteiger partial charge on any atom is -0.319 e. The lowest BCUT2D eigenvalue weighted by molar-refractivity contribution is 0.102. The summed E-state index contributed by atoms with van der Waals surface area (Å²) in [6, 6.07) is 23.7. The van der Waals surface area contributed by atoms with E-state index >= 15 is 0 Å². The summed E-state index contributed by atoms with van der Waals surface area (Å²) in [5.41, 5.74) is 4.28. The van der Waals surface area contributed by atoms with Crippen molar-refractivity contribution in [3.8, 4) is 11.1 Å². The van der Waals surface area contributed by atoms with Crippen molar-refractivity contribution in [3.05, 3.63) is 108 Å². The van der Waals surface area contributed by atoms with Gasteiger partial charge in [0, 0.05) is 11.8 Å². The highest BCUT2D eigenvalue weighted by molar-refractivity contribution is 6.04. The first-order valence-electron chi connectivity index (χ1n) is 8.91. The van der Waals surface area contributed by atoms with Crippen LogP contribution in [0.25, 0.3) is 11.1 Å². The predicted octanol–water partition coefficient (Wildman–Crippen LogP) is 4.99. The van der Waals surface area contributed by atoms with Crippen molar-refractivity contribution in [1.29, 1.82) is 0 Å². The van der Waals surface area contributed by atoms with Crippen LogP contribution in [0.4, 0.5) is 10.1 Å². The number of rotatable bonds is 5. The molecule has 4 aromatic rings. The van der Waals surface area contributed by atoms with Crippen molar-refractivity contribution in [2.45, 2.75) is 6.54 Å². The Kier molecular flexibility index (Phi) is 4.97. The molecule has 4 rings (SSSR count). The summed E-state index contributed by atoms with van der Waals surface area (Å²) in [6.45, 7) is 0.502. The van der Waals surface area contributed by atoms with Gasteiger partial charge in [0.2, 0.25) is 0 Å². The minimum atomic E-state index is -0.268. The molecule has 0 fully saturated rings. The van der Waals surface area contributed by atoms with Crippen LogP contribution in [-0.4, -0.2) is 15.7 Å². The van der Waals surface area contributed by atoms with Gasteiger partial charge in [-0.2, -0.15) is 5.10 Å². The van der Waals surface area contributed by atoms with Crippen LogP contribution in [-0.2, 0) is 6.54 Å². The number of aromatic nitrogens is 2. The van der Waals surface area contributed by atoms with Crippen LogP contribution in [0.2, 0.25) is 0 Å². The summed E-state index contributed by atoms with van der Waals surface area (Å²) >= 11 is 0.